The van der Waals surface area contributed by atoms with Gasteiger partial charge in [0.15, 0.2) is 0 Å². The molecule has 0 aromatic carbocycles. The molecule has 0 atom stereocenters. The molecular formula is C7H15BrN2O. The van der Waals surface area contributed by atoms with Gasteiger partial charge in [0.2, 0.25) is 5.91 Å². The summed E-state index contributed by atoms with van der Waals surface area (Å²) < 4.78 is 0. The first kappa shape index (κ1) is 10.9. The maximum atomic E-state index is 10.7. The predicted molar refractivity (Wildman–Crippen MR) is 49.7 cm³/mol. The van der Waals surface area contributed by atoms with Crippen molar-refractivity contribution in [1.29, 1.82) is 0 Å². The summed E-state index contributed by atoms with van der Waals surface area (Å²) in [6.45, 7) is 1.51. The zero-order valence-electron chi connectivity index (χ0n) is 6.61. The molecule has 0 aromatic heterocycles. The number of nitrogens with one attached hydrogen (secondary N) is 1. The molecule has 0 aliphatic carbocycles. The number of carbonyl (C=O) groups is 1. The van der Waals surface area contributed by atoms with Gasteiger partial charge in [-0.1, -0.05) is 22.4 Å². The number of amides is 1. The molecule has 66 valence electrons. The van der Waals surface area contributed by atoms with Crippen LogP contribution in [-0.4, -0.2) is 24.3 Å². The third kappa shape index (κ3) is 7.81. The second-order valence-corrected chi connectivity index (χ2v) is 2.89. The Kier molecular flexibility index (Phi) is 7.95. The molecule has 0 aliphatic heterocycles. The second kappa shape index (κ2) is 8.01. The van der Waals surface area contributed by atoms with Crippen LogP contribution >= 0.6 is 15.9 Å². The zero-order chi connectivity index (χ0) is 8.53. The van der Waals surface area contributed by atoms with E-state index in [0.29, 0.717) is 5.33 Å². The van der Waals surface area contributed by atoms with E-state index in [1.165, 1.54) is 0 Å². The van der Waals surface area contributed by atoms with Crippen LogP contribution in [0, 0.1) is 0 Å². The standard InChI is InChI=1S/C7H15BrN2O/c8-6-7(11)10-5-3-1-2-4-9/h1-6,9H2,(H,10,11). The van der Waals surface area contributed by atoms with E-state index < -0.39 is 0 Å². The van der Waals surface area contributed by atoms with Crippen molar-refractivity contribution in [3.63, 3.8) is 0 Å². The molecule has 0 radical (unpaired) electrons. The Morgan fingerprint density at radius 2 is 2.09 bits per heavy atom. The smallest absolute Gasteiger partial charge is 0.230 e. The van der Waals surface area contributed by atoms with E-state index in [9.17, 15) is 4.79 Å². The minimum atomic E-state index is 0.0535. The summed E-state index contributed by atoms with van der Waals surface area (Å²) in [7, 11) is 0. The van der Waals surface area contributed by atoms with Gasteiger partial charge in [0.25, 0.3) is 0 Å². The average Bonchev–Trinajstić information content (AvgIpc) is 2.04. The Hall–Kier alpha value is -0.0900. The molecule has 1 amide bonds. The van der Waals surface area contributed by atoms with Gasteiger partial charge in [0.1, 0.15) is 0 Å². The lowest BCUT2D eigenvalue weighted by molar-refractivity contribution is -0.118. The van der Waals surface area contributed by atoms with Crippen LogP contribution in [-0.2, 0) is 4.79 Å². The lowest BCUT2D eigenvalue weighted by Gasteiger charge is -2.01. The Bertz CT molecular complexity index is 109. The summed E-state index contributed by atoms with van der Waals surface area (Å²) in [5.74, 6) is 0.0535. The van der Waals surface area contributed by atoms with E-state index in [0.717, 1.165) is 32.4 Å². The van der Waals surface area contributed by atoms with Gasteiger partial charge in [-0.2, -0.15) is 0 Å². The van der Waals surface area contributed by atoms with Crippen LogP contribution in [0.1, 0.15) is 19.3 Å². The van der Waals surface area contributed by atoms with E-state index in [4.69, 9.17) is 5.73 Å². The molecule has 0 saturated carbocycles. The van der Waals surface area contributed by atoms with Crippen molar-refractivity contribution in [3.05, 3.63) is 0 Å². The highest BCUT2D eigenvalue weighted by molar-refractivity contribution is 9.09. The van der Waals surface area contributed by atoms with Gasteiger partial charge < -0.3 is 11.1 Å². The number of unbranched alkanes of at least 4 members (excludes halogenated alkanes) is 2. The van der Waals surface area contributed by atoms with Crippen molar-refractivity contribution in [2.24, 2.45) is 5.73 Å². The zero-order valence-corrected chi connectivity index (χ0v) is 8.19. The van der Waals surface area contributed by atoms with Crippen LogP contribution in [0.5, 0.6) is 0 Å². The fraction of sp³-hybridized carbons (Fsp3) is 0.857. The number of halogens is 1. The van der Waals surface area contributed by atoms with Gasteiger partial charge in [0.05, 0.1) is 5.33 Å². The highest BCUT2D eigenvalue weighted by atomic mass is 79.9. The van der Waals surface area contributed by atoms with Crippen LogP contribution < -0.4 is 11.1 Å². The molecule has 0 unspecified atom stereocenters. The number of nitrogens with two attached hydrogens (primary N) is 1. The van der Waals surface area contributed by atoms with E-state index in [-0.39, 0.29) is 5.91 Å². The third-order valence-corrected chi connectivity index (χ3v) is 1.83. The van der Waals surface area contributed by atoms with Crippen molar-refractivity contribution in [3.8, 4) is 0 Å². The molecule has 0 aromatic rings. The molecule has 0 bridgehead atoms. The van der Waals surface area contributed by atoms with Gasteiger partial charge >= 0.3 is 0 Å². The molecule has 0 fully saturated rings. The summed E-state index contributed by atoms with van der Waals surface area (Å²) in [6, 6.07) is 0. The second-order valence-electron chi connectivity index (χ2n) is 2.33. The average molecular weight is 223 g/mol. The quantitative estimate of drug-likeness (QED) is 0.512. The molecule has 0 aliphatic rings. The molecule has 3 N–H and O–H groups in total. The first-order chi connectivity index (χ1) is 5.31. The third-order valence-electron chi connectivity index (χ3n) is 1.32. The van der Waals surface area contributed by atoms with Gasteiger partial charge in [-0.25, -0.2) is 0 Å². The molecule has 0 saturated heterocycles. The summed E-state index contributed by atoms with van der Waals surface area (Å²) in [6.07, 6.45) is 3.17. The fourth-order valence-corrected chi connectivity index (χ4v) is 0.919. The number of hydrogen-bond donors (Lipinski definition) is 2. The Balaban J connectivity index is 2.95. The monoisotopic (exact) mass is 222 g/mol. The highest BCUT2D eigenvalue weighted by Crippen LogP contribution is 1.91. The SMILES string of the molecule is NCCCCCNC(=O)CBr. The molecule has 0 rings (SSSR count). The van der Waals surface area contributed by atoms with Gasteiger partial charge in [-0.15, -0.1) is 0 Å². The maximum Gasteiger partial charge on any atom is 0.230 e. The molecular weight excluding hydrogens is 208 g/mol. The molecule has 4 heteroatoms. The van der Waals surface area contributed by atoms with Gasteiger partial charge in [0, 0.05) is 6.54 Å². The molecule has 0 heterocycles. The topological polar surface area (TPSA) is 55.1 Å². The highest BCUT2D eigenvalue weighted by Gasteiger charge is 1.94. The fourth-order valence-electron chi connectivity index (χ4n) is 0.721. The van der Waals surface area contributed by atoms with E-state index in [1.807, 2.05) is 0 Å². The Morgan fingerprint density at radius 3 is 2.64 bits per heavy atom. The van der Waals surface area contributed by atoms with Crippen molar-refractivity contribution in [2.75, 3.05) is 18.4 Å². The van der Waals surface area contributed by atoms with Crippen molar-refractivity contribution < 1.29 is 4.79 Å². The Morgan fingerprint density at radius 1 is 1.36 bits per heavy atom. The van der Waals surface area contributed by atoms with E-state index in [2.05, 4.69) is 21.2 Å². The molecule has 3 nitrogen and oxygen atoms in total. The van der Waals surface area contributed by atoms with Crippen LogP contribution in [0.2, 0.25) is 0 Å². The van der Waals surface area contributed by atoms with Crippen LogP contribution in [0.25, 0.3) is 0 Å². The maximum absolute atomic E-state index is 10.7. The van der Waals surface area contributed by atoms with Crippen LogP contribution in [0.4, 0.5) is 0 Å². The minimum absolute atomic E-state index is 0.0535. The lowest BCUT2D eigenvalue weighted by Crippen LogP contribution is -2.25. The van der Waals surface area contributed by atoms with Crippen molar-refractivity contribution in [1.82, 2.24) is 5.32 Å². The molecule has 0 spiro atoms. The van der Waals surface area contributed by atoms with Crippen molar-refractivity contribution in [2.45, 2.75) is 19.3 Å². The number of rotatable bonds is 6. The number of hydrogen-bond acceptors (Lipinski definition) is 2. The van der Waals surface area contributed by atoms with Crippen molar-refractivity contribution >= 4 is 21.8 Å². The number of carbonyl (C=O) groups excluding carboxylic acids is 1. The summed E-state index contributed by atoms with van der Waals surface area (Å²) >= 11 is 3.07. The first-order valence-electron chi connectivity index (χ1n) is 3.84. The summed E-state index contributed by atoms with van der Waals surface area (Å²) in [5, 5.41) is 3.16. The van der Waals surface area contributed by atoms with Crippen LogP contribution in [0.15, 0.2) is 0 Å². The van der Waals surface area contributed by atoms with Gasteiger partial charge in [-0.3, -0.25) is 4.79 Å². The van der Waals surface area contributed by atoms with E-state index >= 15 is 0 Å². The van der Waals surface area contributed by atoms with Gasteiger partial charge in [-0.05, 0) is 19.4 Å². The predicted octanol–water partition coefficient (Wildman–Crippen LogP) is 0.627. The van der Waals surface area contributed by atoms with Crippen LogP contribution in [0.3, 0.4) is 0 Å². The first-order valence-corrected chi connectivity index (χ1v) is 4.96. The number of alkyl halides is 1. The largest absolute Gasteiger partial charge is 0.355 e. The van der Waals surface area contributed by atoms with E-state index in [1.54, 1.807) is 0 Å². The normalized spacial score (nSPS) is 9.64. The molecule has 11 heavy (non-hydrogen) atoms. The Labute approximate surface area is 75.8 Å². The lowest BCUT2D eigenvalue weighted by atomic mass is 10.2. The summed E-state index contributed by atoms with van der Waals surface area (Å²) in [5.41, 5.74) is 5.30. The minimum Gasteiger partial charge on any atom is -0.355 e. The summed E-state index contributed by atoms with van der Waals surface area (Å²) in [4.78, 5) is 10.7.